The molecule has 2 aromatic rings. The standard InChI is InChI=1S/C21H26N2O3/c1-4-13-23(14-18-11-9-16(2)10-12-18)21(25)15-26-20-8-6-5-7-19(20)22-17(3)24/h5-12H,4,13-15H2,1-3H3,(H,22,24). The number of anilines is 1. The highest BCUT2D eigenvalue weighted by Gasteiger charge is 2.15. The second kappa shape index (κ2) is 9.61. The fraction of sp³-hybridized carbons (Fsp3) is 0.333. The molecule has 0 heterocycles. The zero-order valence-corrected chi connectivity index (χ0v) is 15.6. The van der Waals surface area contributed by atoms with Gasteiger partial charge < -0.3 is 15.0 Å². The van der Waals surface area contributed by atoms with Crippen LogP contribution >= 0.6 is 0 Å². The van der Waals surface area contributed by atoms with Crippen LogP contribution in [0.1, 0.15) is 31.4 Å². The number of aryl methyl sites for hydroxylation is 1. The Kier molecular flexibility index (Phi) is 7.21. The summed E-state index contributed by atoms with van der Waals surface area (Å²) in [5.74, 6) is 0.229. The van der Waals surface area contributed by atoms with Crippen LogP contribution in [0.4, 0.5) is 5.69 Å². The van der Waals surface area contributed by atoms with Gasteiger partial charge in [-0.15, -0.1) is 0 Å². The number of para-hydroxylation sites is 2. The molecule has 5 nitrogen and oxygen atoms in total. The van der Waals surface area contributed by atoms with E-state index in [1.165, 1.54) is 12.5 Å². The van der Waals surface area contributed by atoms with Crippen molar-refractivity contribution >= 4 is 17.5 Å². The van der Waals surface area contributed by atoms with Crippen LogP contribution in [0.25, 0.3) is 0 Å². The maximum absolute atomic E-state index is 12.6. The number of hydrogen-bond acceptors (Lipinski definition) is 3. The Balaban J connectivity index is 2.01. The predicted octanol–water partition coefficient (Wildman–Crippen LogP) is 3.77. The van der Waals surface area contributed by atoms with E-state index in [-0.39, 0.29) is 18.4 Å². The van der Waals surface area contributed by atoms with Gasteiger partial charge >= 0.3 is 0 Å². The number of ether oxygens (including phenoxy) is 1. The molecule has 138 valence electrons. The molecule has 0 aromatic heterocycles. The fourth-order valence-electron chi connectivity index (χ4n) is 2.59. The Hall–Kier alpha value is -2.82. The molecule has 0 saturated carbocycles. The lowest BCUT2D eigenvalue weighted by Gasteiger charge is -2.23. The van der Waals surface area contributed by atoms with E-state index in [4.69, 9.17) is 4.74 Å². The average Bonchev–Trinajstić information content (AvgIpc) is 2.61. The molecule has 0 spiro atoms. The molecule has 0 fully saturated rings. The Bertz CT molecular complexity index is 741. The van der Waals surface area contributed by atoms with E-state index < -0.39 is 0 Å². The second-order valence-corrected chi connectivity index (χ2v) is 6.27. The number of benzene rings is 2. The lowest BCUT2D eigenvalue weighted by atomic mass is 10.1. The van der Waals surface area contributed by atoms with Gasteiger partial charge in [0, 0.05) is 20.0 Å². The summed E-state index contributed by atoms with van der Waals surface area (Å²) in [7, 11) is 0. The van der Waals surface area contributed by atoms with Crippen LogP contribution in [0.15, 0.2) is 48.5 Å². The Morgan fingerprint density at radius 1 is 1.08 bits per heavy atom. The number of carbonyl (C=O) groups is 2. The second-order valence-electron chi connectivity index (χ2n) is 6.27. The van der Waals surface area contributed by atoms with Crippen molar-refractivity contribution in [3.63, 3.8) is 0 Å². The van der Waals surface area contributed by atoms with Crippen LogP contribution in [0.3, 0.4) is 0 Å². The Labute approximate surface area is 155 Å². The maximum Gasteiger partial charge on any atom is 0.260 e. The summed E-state index contributed by atoms with van der Waals surface area (Å²) in [6.07, 6.45) is 0.875. The monoisotopic (exact) mass is 354 g/mol. The van der Waals surface area contributed by atoms with Crippen molar-refractivity contribution in [2.45, 2.75) is 33.7 Å². The third kappa shape index (κ3) is 5.92. The largest absolute Gasteiger partial charge is 0.482 e. The highest BCUT2D eigenvalue weighted by Crippen LogP contribution is 2.23. The number of hydrogen-bond donors (Lipinski definition) is 1. The van der Waals surface area contributed by atoms with Crippen molar-refractivity contribution in [3.8, 4) is 5.75 Å². The summed E-state index contributed by atoms with van der Waals surface area (Å²) in [5.41, 5.74) is 2.85. The van der Waals surface area contributed by atoms with Gasteiger partial charge in [-0.05, 0) is 31.0 Å². The minimum atomic E-state index is -0.181. The Morgan fingerprint density at radius 3 is 2.42 bits per heavy atom. The summed E-state index contributed by atoms with van der Waals surface area (Å²) in [6.45, 7) is 6.68. The number of nitrogens with zero attached hydrogens (tertiary/aromatic N) is 1. The lowest BCUT2D eigenvalue weighted by molar-refractivity contribution is -0.134. The van der Waals surface area contributed by atoms with Gasteiger partial charge in [0.1, 0.15) is 5.75 Å². The van der Waals surface area contributed by atoms with Crippen molar-refractivity contribution < 1.29 is 14.3 Å². The molecule has 0 aliphatic carbocycles. The van der Waals surface area contributed by atoms with E-state index in [1.807, 2.05) is 38.1 Å². The summed E-state index contributed by atoms with van der Waals surface area (Å²) >= 11 is 0. The topological polar surface area (TPSA) is 58.6 Å². The van der Waals surface area contributed by atoms with Gasteiger partial charge in [-0.2, -0.15) is 0 Å². The van der Waals surface area contributed by atoms with Crippen LogP contribution < -0.4 is 10.1 Å². The first-order chi connectivity index (χ1) is 12.5. The zero-order chi connectivity index (χ0) is 18.9. The molecule has 0 aliphatic rings. The average molecular weight is 354 g/mol. The van der Waals surface area contributed by atoms with Crippen molar-refractivity contribution in [1.82, 2.24) is 4.90 Å². The third-order valence-corrected chi connectivity index (χ3v) is 3.89. The van der Waals surface area contributed by atoms with Gasteiger partial charge in [-0.1, -0.05) is 48.9 Å². The molecule has 1 N–H and O–H groups in total. The quantitative estimate of drug-likeness (QED) is 0.785. The highest BCUT2D eigenvalue weighted by atomic mass is 16.5. The van der Waals surface area contributed by atoms with Crippen molar-refractivity contribution in [2.24, 2.45) is 0 Å². The first kappa shape index (κ1) is 19.5. The van der Waals surface area contributed by atoms with Gasteiger partial charge in [0.2, 0.25) is 5.91 Å². The van der Waals surface area contributed by atoms with Gasteiger partial charge in [0.05, 0.1) is 5.69 Å². The molecule has 0 radical (unpaired) electrons. The summed E-state index contributed by atoms with van der Waals surface area (Å²) < 4.78 is 5.68. The van der Waals surface area contributed by atoms with Crippen molar-refractivity contribution in [1.29, 1.82) is 0 Å². The van der Waals surface area contributed by atoms with E-state index in [9.17, 15) is 9.59 Å². The number of rotatable bonds is 8. The molecular formula is C21H26N2O3. The third-order valence-electron chi connectivity index (χ3n) is 3.89. The lowest BCUT2D eigenvalue weighted by Crippen LogP contribution is -2.35. The number of carbonyl (C=O) groups excluding carboxylic acids is 2. The molecule has 0 bridgehead atoms. The molecule has 2 amide bonds. The molecule has 2 aromatic carbocycles. The smallest absolute Gasteiger partial charge is 0.260 e. The highest BCUT2D eigenvalue weighted by molar-refractivity contribution is 5.90. The molecule has 26 heavy (non-hydrogen) atoms. The normalized spacial score (nSPS) is 10.3. The molecule has 0 aliphatic heterocycles. The maximum atomic E-state index is 12.6. The minimum Gasteiger partial charge on any atom is -0.482 e. The van der Waals surface area contributed by atoms with E-state index in [0.29, 0.717) is 24.5 Å². The van der Waals surface area contributed by atoms with Crippen LogP contribution in [0.5, 0.6) is 5.75 Å². The first-order valence-electron chi connectivity index (χ1n) is 8.82. The van der Waals surface area contributed by atoms with Crippen LogP contribution in [0.2, 0.25) is 0 Å². The SMILES string of the molecule is CCCN(Cc1ccc(C)cc1)C(=O)COc1ccccc1NC(C)=O. The van der Waals surface area contributed by atoms with E-state index in [2.05, 4.69) is 5.32 Å². The molecular weight excluding hydrogens is 328 g/mol. The van der Waals surface area contributed by atoms with Gasteiger partial charge in [-0.25, -0.2) is 0 Å². The van der Waals surface area contributed by atoms with Gasteiger partial charge in [-0.3, -0.25) is 9.59 Å². The van der Waals surface area contributed by atoms with Crippen LogP contribution in [-0.2, 0) is 16.1 Å². The van der Waals surface area contributed by atoms with Crippen molar-refractivity contribution in [3.05, 3.63) is 59.7 Å². The number of amides is 2. The molecule has 0 saturated heterocycles. The zero-order valence-electron chi connectivity index (χ0n) is 15.6. The first-order valence-corrected chi connectivity index (χ1v) is 8.82. The van der Waals surface area contributed by atoms with E-state index in [0.717, 1.165) is 12.0 Å². The van der Waals surface area contributed by atoms with Crippen LogP contribution in [0, 0.1) is 6.92 Å². The van der Waals surface area contributed by atoms with Crippen LogP contribution in [-0.4, -0.2) is 29.9 Å². The fourth-order valence-corrected chi connectivity index (χ4v) is 2.59. The predicted molar refractivity (Wildman–Crippen MR) is 103 cm³/mol. The minimum absolute atomic E-state index is 0.0670. The molecule has 0 unspecified atom stereocenters. The summed E-state index contributed by atoms with van der Waals surface area (Å²) in [5, 5.41) is 2.71. The van der Waals surface area contributed by atoms with E-state index >= 15 is 0 Å². The summed E-state index contributed by atoms with van der Waals surface area (Å²) in [4.78, 5) is 25.7. The molecule has 0 atom stereocenters. The van der Waals surface area contributed by atoms with E-state index in [1.54, 1.807) is 29.2 Å². The van der Waals surface area contributed by atoms with Gasteiger partial charge in [0.15, 0.2) is 6.61 Å². The number of nitrogens with one attached hydrogen (secondary N) is 1. The molecule has 2 rings (SSSR count). The van der Waals surface area contributed by atoms with Gasteiger partial charge in [0.25, 0.3) is 5.91 Å². The summed E-state index contributed by atoms with van der Waals surface area (Å²) in [6, 6.07) is 15.3. The van der Waals surface area contributed by atoms with Crippen molar-refractivity contribution in [2.75, 3.05) is 18.5 Å². The molecule has 5 heteroatoms. The Morgan fingerprint density at radius 2 is 1.77 bits per heavy atom.